The van der Waals surface area contributed by atoms with Crippen LogP contribution >= 0.6 is 11.6 Å². The summed E-state index contributed by atoms with van der Waals surface area (Å²) in [5, 5.41) is 7.30. The Bertz CT molecular complexity index is 697. The van der Waals surface area contributed by atoms with Crippen molar-refractivity contribution in [1.82, 2.24) is 9.78 Å². The molecule has 0 bridgehead atoms. The fourth-order valence-electron chi connectivity index (χ4n) is 1.72. The quantitative estimate of drug-likeness (QED) is 0.944. The van der Waals surface area contributed by atoms with Crippen molar-refractivity contribution < 1.29 is 4.79 Å². The van der Waals surface area contributed by atoms with Gasteiger partial charge in [-0.15, -0.1) is 0 Å². The summed E-state index contributed by atoms with van der Waals surface area (Å²) < 4.78 is 1.16. The summed E-state index contributed by atoms with van der Waals surface area (Å²) in [6, 6.07) is 9.11. The van der Waals surface area contributed by atoms with Gasteiger partial charge in [0.1, 0.15) is 6.04 Å². The Morgan fingerprint density at radius 1 is 1.35 bits per heavy atom. The summed E-state index contributed by atoms with van der Waals surface area (Å²) in [6.45, 7) is 3.38. The fraction of sp³-hybridized carbons (Fsp3) is 0.214. The van der Waals surface area contributed by atoms with Crippen LogP contribution in [0.2, 0.25) is 5.02 Å². The molecule has 20 heavy (non-hydrogen) atoms. The molecule has 0 radical (unpaired) electrons. The second-order valence-electron chi connectivity index (χ2n) is 4.43. The van der Waals surface area contributed by atoms with Crippen LogP contribution in [0.5, 0.6) is 0 Å². The SMILES string of the molecule is Cc1ccc(=O)n(C(C)C(=O)Nc2cccc(Cl)c2)n1. The van der Waals surface area contributed by atoms with Gasteiger partial charge in [0.05, 0.1) is 5.69 Å². The van der Waals surface area contributed by atoms with Crippen LogP contribution in [-0.2, 0) is 4.79 Å². The second kappa shape index (κ2) is 5.88. The molecule has 0 saturated heterocycles. The van der Waals surface area contributed by atoms with Crippen molar-refractivity contribution >= 4 is 23.2 Å². The minimum absolute atomic E-state index is 0.315. The molecule has 104 valence electrons. The third kappa shape index (κ3) is 3.24. The van der Waals surface area contributed by atoms with Gasteiger partial charge >= 0.3 is 0 Å². The van der Waals surface area contributed by atoms with Crippen molar-refractivity contribution in [2.45, 2.75) is 19.9 Å². The largest absolute Gasteiger partial charge is 0.324 e. The Kier molecular flexibility index (Phi) is 4.20. The molecule has 1 aromatic carbocycles. The highest BCUT2D eigenvalue weighted by molar-refractivity contribution is 6.30. The molecule has 1 aromatic heterocycles. The van der Waals surface area contributed by atoms with Gasteiger partial charge in [-0.3, -0.25) is 9.59 Å². The lowest BCUT2D eigenvalue weighted by Crippen LogP contribution is -2.33. The van der Waals surface area contributed by atoms with Crippen molar-refractivity contribution in [1.29, 1.82) is 0 Å². The van der Waals surface area contributed by atoms with Crippen LogP contribution in [-0.4, -0.2) is 15.7 Å². The van der Waals surface area contributed by atoms with Crippen molar-refractivity contribution in [3.63, 3.8) is 0 Å². The van der Waals surface area contributed by atoms with Crippen molar-refractivity contribution in [3.8, 4) is 0 Å². The minimum atomic E-state index is -0.707. The normalized spacial score (nSPS) is 11.9. The van der Waals surface area contributed by atoms with Gasteiger partial charge in [-0.2, -0.15) is 5.10 Å². The molecule has 0 aliphatic carbocycles. The molecular weight excluding hydrogens is 278 g/mol. The number of carbonyl (C=O) groups is 1. The third-order valence-corrected chi connectivity index (χ3v) is 3.03. The van der Waals surface area contributed by atoms with Crippen LogP contribution in [0.15, 0.2) is 41.2 Å². The average Bonchev–Trinajstić information content (AvgIpc) is 2.40. The first-order valence-electron chi connectivity index (χ1n) is 6.10. The second-order valence-corrected chi connectivity index (χ2v) is 4.87. The summed E-state index contributed by atoms with van der Waals surface area (Å²) >= 11 is 5.85. The van der Waals surface area contributed by atoms with Gasteiger partial charge in [-0.05, 0) is 38.1 Å². The maximum Gasteiger partial charge on any atom is 0.267 e. The van der Waals surface area contributed by atoms with Crippen LogP contribution in [0.25, 0.3) is 0 Å². The van der Waals surface area contributed by atoms with Gasteiger partial charge in [-0.25, -0.2) is 4.68 Å². The molecule has 0 fully saturated rings. The predicted molar refractivity (Wildman–Crippen MR) is 78.0 cm³/mol. The van der Waals surface area contributed by atoms with Gasteiger partial charge in [0.25, 0.3) is 5.56 Å². The number of halogens is 1. The summed E-state index contributed by atoms with van der Waals surface area (Å²) in [6.07, 6.45) is 0. The van der Waals surface area contributed by atoms with Crippen LogP contribution in [0.4, 0.5) is 5.69 Å². The predicted octanol–water partition coefficient (Wildman–Crippen LogP) is 2.40. The van der Waals surface area contributed by atoms with E-state index in [4.69, 9.17) is 11.6 Å². The number of hydrogen-bond acceptors (Lipinski definition) is 3. The van der Waals surface area contributed by atoms with E-state index in [0.717, 1.165) is 4.68 Å². The average molecular weight is 292 g/mol. The van der Waals surface area contributed by atoms with E-state index in [9.17, 15) is 9.59 Å². The Hall–Kier alpha value is -2.14. The molecule has 1 unspecified atom stereocenters. The minimum Gasteiger partial charge on any atom is -0.324 e. The molecule has 6 heteroatoms. The number of aryl methyl sites for hydroxylation is 1. The molecular formula is C14H14ClN3O2. The van der Waals surface area contributed by atoms with Crippen LogP contribution in [0, 0.1) is 6.92 Å². The standard InChI is InChI=1S/C14H14ClN3O2/c1-9-6-7-13(19)18(17-9)10(2)14(20)16-12-5-3-4-11(15)8-12/h3-8,10H,1-2H3,(H,16,20). The molecule has 2 rings (SSSR count). The number of aromatic nitrogens is 2. The summed E-state index contributed by atoms with van der Waals surface area (Å²) in [5.41, 5.74) is 0.936. The van der Waals surface area contributed by atoms with E-state index in [0.29, 0.717) is 16.4 Å². The maximum atomic E-state index is 12.1. The zero-order chi connectivity index (χ0) is 14.7. The van der Waals surface area contributed by atoms with E-state index in [-0.39, 0.29) is 11.5 Å². The smallest absolute Gasteiger partial charge is 0.267 e. The van der Waals surface area contributed by atoms with Gasteiger partial charge < -0.3 is 5.32 Å². The lowest BCUT2D eigenvalue weighted by molar-refractivity contribution is -0.119. The number of nitrogens with zero attached hydrogens (tertiary/aromatic N) is 2. The molecule has 0 aliphatic heterocycles. The van der Waals surface area contributed by atoms with Crippen LogP contribution < -0.4 is 10.9 Å². The number of benzene rings is 1. The summed E-state index contributed by atoms with van der Waals surface area (Å²) in [4.78, 5) is 23.9. The lowest BCUT2D eigenvalue weighted by atomic mass is 10.2. The maximum absolute atomic E-state index is 12.1. The molecule has 0 saturated carbocycles. The fourth-order valence-corrected chi connectivity index (χ4v) is 1.91. The van der Waals surface area contributed by atoms with E-state index >= 15 is 0 Å². The lowest BCUT2D eigenvalue weighted by Gasteiger charge is -2.14. The molecule has 0 spiro atoms. The molecule has 1 heterocycles. The highest BCUT2D eigenvalue weighted by Crippen LogP contribution is 2.16. The molecule has 2 aromatic rings. The molecule has 0 aliphatic rings. The number of carbonyl (C=O) groups excluding carboxylic acids is 1. The zero-order valence-electron chi connectivity index (χ0n) is 11.1. The Morgan fingerprint density at radius 3 is 2.80 bits per heavy atom. The number of rotatable bonds is 3. The number of nitrogens with one attached hydrogen (secondary N) is 1. The highest BCUT2D eigenvalue weighted by atomic mass is 35.5. The van der Waals surface area contributed by atoms with E-state index in [2.05, 4.69) is 10.4 Å². The zero-order valence-corrected chi connectivity index (χ0v) is 11.9. The Labute approximate surface area is 121 Å². The van der Waals surface area contributed by atoms with E-state index < -0.39 is 6.04 Å². The van der Waals surface area contributed by atoms with Gasteiger partial charge in [0, 0.05) is 16.8 Å². The first-order chi connectivity index (χ1) is 9.47. The van der Waals surface area contributed by atoms with Crippen LogP contribution in [0.1, 0.15) is 18.7 Å². The summed E-state index contributed by atoms with van der Waals surface area (Å²) in [7, 11) is 0. The monoisotopic (exact) mass is 291 g/mol. The topological polar surface area (TPSA) is 64.0 Å². The molecule has 1 amide bonds. The first-order valence-corrected chi connectivity index (χ1v) is 6.48. The third-order valence-electron chi connectivity index (χ3n) is 2.80. The number of amides is 1. The number of anilines is 1. The first kappa shape index (κ1) is 14.3. The Morgan fingerprint density at radius 2 is 2.10 bits per heavy atom. The van der Waals surface area contributed by atoms with Crippen molar-refractivity contribution in [2.24, 2.45) is 0 Å². The molecule has 1 N–H and O–H groups in total. The molecule has 5 nitrogen and oxygen atoms in total. The van der Waals surface area contributed by atoms with Crippen molar-refractivity contribution in [2.75, 3.05) is 5.32 Å². The van der Waals surface area contributed by atoms with Crippen LogP contribution in [0.3, 0.4) is 0 Å². The summed E-state index contributed by atoms with van der Waals surface area (Å²) in [5.74, 6) is -0.326. The van der Waals surface area contributed by atoms with E-state index in [1.807, 2.05) is 0 Å². The van der Waals surface area contributed by atoms with E-state index in [1.54, 1.807) is 44.2 Å². The molecule has 1 atom stereocenters. The van der Waals surface area contributed by atoms with Gasteiger partial charge in [0.2, 0.25) is 5.91 Å². The Balaban J connectivity index is 2.20. The van der Waals surface area contributed by atoms with Gasteiger partial charge in [0.15, 0.2) is 0 Å². The van der Waals surface area contributed by atoms with Crippen molar-refractivity contribution in [3.05, 3.63) is 57.5 Å². The van der Waals surface area contributed by atoms with E-state index in [1.165, 1.54) is 6.07 Å². The van der Waals surface area contributed by atoms with Gasteiger partial charge in [-0.1, -0.05) is 17.7 Å². The number of hydrogen-bond donors (Lipinski definition) is 1. The highest BCUT2D eigenvalue weighted by Gasteiger charge is 2.17.